The third kappa shape index (κ3) is 8.91. The topological polar surface area (TPSA) is 94.2 Å². The van der Waals surface area contributed by atoms with Gasteiger partial charge in [0.15, 0.2) is 0 Å². The lowest BCUT2D eigenvalue weighted by Crippen LogP contribution is -2.48. The minimum Gasteiger partial charge on any atom is -0.492 e. The van der Waals surface area contributed by atoms with Gasteiger partial charge in [-0.25, -0.2) is 18.0 Å². The van der Waals surface area contributed by atoms with E-state index in [-0.39, 0.29) is 43.0 Å². The largest absolute Gasteiger partial charge is 0.534 e. The maximum absolute atomic E-state index is 15.6. The van der Waals surface area contributed by atoms with Crippen LogP contribution in [0.2, 0.25) is 0 Å². The fourth-order valence-electron chi connectivity index (χ4n) is 4.66. The number of rotatable bonds is 9. The maximum atomic E-state index is 15.6. The number of carbonyl (C=O) groups excluding carboxylic acids is 1. The summed E-state index contributed by atoms with van der Waals surface area (Å²) in [4.78, 5) is 13.3. The zero-order valence-corrected chi connectivity index (χ0v) is 25.3. The van der Waals surface area contributed by atoms with Crippen molar-refractivity contribution in [3.05, 3.63) is 58.7 Å². The molecule has 1 amide bonds. The van der Waals surface area contributed by atoms with Crippen molar-refractivity contribution in [1.82, 2.24) is 10.2 Å². The van der Waals surface area contributed by atoms with Crippen LogP contribution in [0.15, 0.2) is 30.3 Å². The van der Waals surface area contributed by atoms with E-state index in [1.165, 1.54) is 24.8 Å². The normalized spacial score (nSPS) is 18.1. The van der Waals surface area contributed by atoms with Crippen LogP contribution in [-0.4, -0.2) is 61.9 Å². The minimum absolute atomic E-state index is 0.0265. The van der Waals surface area contributed by atoms with Crippen LogP contribution in [0.3, 0.4) is 0 Å². The molecule has 0 unspecified atom stereocenters. The van der Waals surface area contributed by atoms with Gasteiger partial charge < -0.3 is 19.0 Å². The van der Waals surface area contributed by atoms with E-state index < -0.39 is 68.0 Å². The molecule has 0 saturated heterocycles. The smallest absolute Gasteiger partial charge is 0.492 e. The van der Waals surface area contributed by atoms with E-state index in [9.17, 15) is 30.8 Å². The molecule has 0 bridgehead atoms. The number of hydrogen-bond donors (Lipinski definition) is 1. The molecule has 0 saturated carbocycles. The highest BCUT2D eigenvalue weighted by Gasteiger charge is 2.49. The molecule has 2 atom stereocenters. The van der Waals surface area contributed by atoms with Crippen LogP contribution in [0.1, 0.15) is 64.3 Å². The molecular weight excluding hydrogens is 606 g/mol. The molecule has 3 rings (SSSR count). The predicted molar refractivity (Wildman–Crippen MR) is 145 cm³/mol. The Kier molecular flexibility index (Phi) is 9.91. The monoisotopic (exact) mass is 640 g/mol. The number of alkyl carbamates (subject to hydrolysis) is 1. The number of ether oxygens (including phenoxy) is 2. The number of halogens is 6. The summed E-state index contributed by atoms with van der Waals surface area (Å²) in [5.74, 6) is -2.90. The zero-order chi connectivity index (χ0) is 32.5. The van der Waals surface area contributed by atoms with Gasteiger partial charge >= 0.3 is 21.7 Å². The highest BCUT2D eigenvalue weighted by atomic mass is 32.2. The second kappa shape index (κ2) is 12.4. The molecule has 0 aliphatic carbocycles. The number of hydrogen-bond acceptors (Lipinski definition) is 7. The first kappa shape index (κ1) is 34.3. The van der Waals surface area contributed by atoms with Crippen LogP contribution >= 0.6 is 0 Å². The fraction of sp³-hybridized carbons (Fsp3) is 0.536. The third-order valence-corrected chi connectivity index (χ3v) is 7.21. The number of benzene rings is 2. The SMILES string of the molecule is C[C@@H]1Cc2cc(OS(=O)(=O)C(F)(F)F)ccc2[C@@H](c2c(F)cc(OCCNC(=O)OC(C)(C)C)cc2F)N1CC(C)(C)F. The van der Waals surface area contributed by atoms with E-state index in [2.05, 4.69) is 9.50 Å². The van der Waals surface area contributed by atoms with Crippen LogP contribution in [-0.2, 0) is 21.3 Å². The van der Waals surface area contributed by atoms with Crippen molar-refractivity contribution in [1.29, 1.82) is 0 Å². The van der Waals surface area contributed by atoms with E-state index >= 15 is 8.78 Å². The first-order chi connectivity index (χ1) is 19.6. The first-order valence-corrected chi connectivity index (χ1v) is 14.7. The van der Waals surface area contributed by atoms with Crippen molar-refractivity contribution in [3.8, 4) is 11.5 Å². The third-order valence-electron chi connectivity index (χ3n) is 6.24. The van der Waals surface area contributed by atoms with Gasteiger partial charge in [-0.1, -0.05) is 6.07 Å². The van der Waals surface area contributed by atoms with Gasteiger partial charge in [-0.15, -0.1) is 0 Å². The van der Waals surface area contributed by atoms with Gasteiger partial charge in [0.2, 0.25) is 0 Å². The second-order valence-corrected chi connectivity index (χ2v) is 13.3. The number of fused-ring (bicyclic) bond motifs is 1. The summed E-state index contributed by atoms with van der Waals surface area (Å²) in [5, 5.41) is 2.45. The van der Waals surface area contributed by atoms with Gasteiger partial charge in [0.25, 0.3) is 0 Å². The molecule has 8 nitrogen and oxygen atoms in total. The molecule has 1 aliphatic heterocycles. The quantitative estimate of drug-likeness (QED) is 0.151. The molecule has 43 heavy (non-hydrogen) atoms. The molecule has 15 heteroatoms. The Bertz CT molecular complexity index is 1410. The Morgan fingerprint density at radius 2 is 1.60 bits per heavy atom. The molecule has 2 aromatic carbocycles. The van der Waals surface area contributed by atoms with Crippen LogP contribution in [0.5, 0.6) is 11.5 Å². The molecular formula is C28H34F6N2O6S. The van der Waals surface area contributed by atoms with Crippen LogP contribution in [0.25, 0.3) is 0 Å². The predicted octanol–water partition coefficient (Wildman–Crippen LogP) is 6.18. The number of amides is 1. The average molecular weight is 641 g/mol. The Morgan fingerprint density at radius 3 is 2.14 bits per heavy atom. The molecule has 0 spiro atoms. The second-order valence-electron chi connectivity index (χ2n) is 11.8. The molecule has 0 radical (unpaired) electrons. The van der Waals surface area contributed by atoms with Crippen LogP contribution in [0, 0.1) is 11.6 Å². The lowest BCUT2D eigenvalue weighted by molar-refractivity contribution is -0.0500. The molecule has 1 N–H and O–H groups in total. The van der Waals surface area contributed by atoms with E-state index in [4.69, 9.17) is 9.47 Å². The number of nitrogens with zero attached hydrogens (tertiary/aromatic N) is 1. The standard InChI is InChI=1S/C28H34F6N2O6S/c1-16-11-17-12-18(42-43(38,39)28(32,33)34)7-8-20(17)24(36(16)15-27(5,6)31)23-21(29)13-19(14-22(23)30)40-10-9-35-25(37)41-26(2,3)4/h7-8,12-14,16,24H,9-11,15H2,1-6H3,(H,35,37)/t16-,24+/m1/s1. The lowest BCUT2D eigenvalue weighted by Gasteiger charge is -2.44. The van der Waals surface area contributed by atoms with Gasteiger partial charge in [0, 0.05) is 30.3 Å². The number of nitrogens with one attached hydrogen (secondary N) is 1. The highest BCUT2D eigenvalue weighted by Crippen LogP contribution is 2.43. The molecule has 0 fully saturated rings. The van der Waals surface area contributed by atoms with E-state index in [0.717, 1.165) is 24.3 Å². The van der Waals surface area contributed by atoms with Gasteiger partial charge in [-0.2, -0.15) is 21.6 Å². The summed E-state index contributed by atoms with van der Waals surface area (Å²) in [5.41, 5.74) is -8.15. The Hall–Kier alpha value is -3.20. The lowest BCUT2D eigenvalue weighted by atomic mass is 9.83. The summed E-state index contributed by atoms with van der Waals surface area (Å²) < 4.78 is 122. The summed E-state index contributed by atoms with van der Waals surface area (Å²) in [7, 11) is -5.96. The molecule has 240 valence electrons. The van der Waals surface area contributed by atoms with Gasteiger partial charge in [0.05, 0.1) is 12.6 Å². The van der Waals surface area contributed by atoms with Crippen molar-refractivity contribution >= 4 is 16.2 Å². The molecule has 0 aromatic heterocycles. The van der Waals surface area contributed by atoms with Crippen molar-refractivity contribution in [3.63, 3.8) is 0 Å². The highest BCUT2D eigenvalue weighted by molar-refractivity contribution is 7.88. The van der Waals surface area contributed by atoms with Crippen molar-refractivity contribution < 1.29 is 53.2 Å². The summed E-state index contributed by atoms with van der Waals surface area (Å²) in [6.07, 6.45) is -0.602. The van der Waals surface area contributed by atoms with Crippen molar-refractivity contribution in [2.45, 2.75) is 76.8 Å². The summed E-state index contributed by atoms with van der Waals surface area (Å²) >= 11 is 0. The Morgan fingerprint density at radius 1 is 1.00 bits per heavy atom. The van der Waals surface area contributed by atoms with Crippen molar-refractivity contribution in [2.24, 2.45) is 0 Å². The van der Waals surface area contributed by atoms with Gasteiger partial charge in [0.1, 0.15) is 41.0 Å². The van der Waals surface area contributed by atoms with E-state index in [1.807, 2.05) is 0 Å². The van der Waals surface area contributed by atoms with Gasteiger partial charge in [-0.3, -0.25) is 4.90 Å². The Balaban J connectivity index is 1.94. The fourth-order valence-corrected chi connectivity index (χ4v) is 5.12. The van der Waals surface area contributed by atoms with E-state index in [0.29, 0.717) is 0 Å². The number of carbonyl (C=O) groups is 1. The molecule has 1 heterocycles. The van der Waals surface area contributed by atoms with E-state index in [1.54, 1.807) is 27.7 Å². The van der Waals surface area contributed by atoms with Crippen LogP contribution in [0.4, 0.5) is 31.1 Å². The van der Waals surface area contributed by atoms with Gasteiger partial charge in [-0.05, 0) is 71.2 Å². The van der Waals surface area contributed by atoms with Crippen molar-refractivity contribution in [2.75, 3.05) is 19.7 Å². The minimum atomic E-state index is -5.96. The van der Waals surface area contributed by atoms with Crippen LogP contribution < -0.4 is 14.2 Å². The average Bonchev–Trinajstić information content (AvgIpc) is 2.80. The first-order valence-electron chi connectivity index (χ1n) is 13.2. The molecule has 1 aliphatic rings. The summed E-state index contributed by atoms with van der Waals surface area (Å²) in [6, 6.07) is 3.26. The summed E-state index contributed by atoms with van der Waals surface area (Å²) in [6.45, 7) is 8.85. The molecule has 2 aromatic rings. The Labute approximate surface area is 246 Å². The number of alkyl halides is 4. The zero-order valence-electron chi connectivity index (χ0n) is 24.4. The maximum Gasteiger partial charge on any atom is 0.534 e.